The molecule has 0 aromatic carbocycles. The van der Waals surface area contributed by atoms with Crippen molar-refractivity contribution in [2.24, 2.45) is 5.92 Å². The van der Waals surface area contributed by atoms with Gasteiger partial charge in [0, 0.05) is 26.6 Å². The van der Waals surface area contributed by atoms with E-state index in [1.54, 1.807) is 19.1 Å². The van der Waals surface area contributed by atoms with Crippen LogP contribution in [0.4, 0.5) is 0 Å². The summed E-state index contributed by atoms with van der Waals surface area (Å²) in [6, 6.07) is 0. The largest absolute Gasteiger partial charge is 0.316 e. The fraction of sp³-hybridized carbons (Fsp3) is 0.875. The van der Waals surface area contributed by atoms with Crippen molar-refractivity contribution >= 4 is 5.91 Å². The first-order valence-electron chi connectivity index (χ1n) is 4.26. The number of amides is 1. The summed E-state index contributed by atoms with van der Waals surface area (Å²) in [5.74, 6) is 0.0771. The first-order valence-corrected chi connectivity index (χ1v) is 4.26. The Labute approximate surface area is 74.3 Å². The molecule has 0 aliphatic rings. The van der Waals surface area contributed by atoms with Crippen molar-refractivity contribution in [1.29, 1.82) is 0 Å². The molecule has 1 atom stereocenters. The molecule has 0 rings (SSSR count). The molecule has 0 fully saturated rings. The smallest absolute Gasteiger partial charge is 0.238 e. The van der Waals surface area contributed by atoms with Gasteiger partial charge in [0.05, 0.1) is 0 Å². The van der Waals surface area contributed by atoms with Crippen molar-refractivity contribution in [3.05, 3.63) is 0 Å². The highest BCUT2D eigenvalue weighted by Crippen LogP contribution is 1.91. The van der Waals surface area contributed by atoms with Crippen molar-refractivity contribution in [1.82, 2.24) is 15.8 Å². The second kappa shape index (κ2) is 5.97. The summed E-state index contributed by atoms with van der Waals surface area (Å²) in [4.78, 5) is 11.3. The number of nitrogens with one attached hydrogen (secondary N) is 2. The van der Waals surface area contributed by atoms with E-state index in [4.69, 9.17) is 0 Å². The van der Waals surface area contributed by atoms with E-state index in [1.165, 1.54) is 0 Å². The first-order chi connectivity index (χ1) is 5.57. The number of carbonyl (C=O) groups is 1. The third kappa shape index (κ3) is 5.09. The number of hydrogen-bond donors (Lipinski definition) is 2. The van der Waals surface area contributed by atoms with Gasteiger partial charge in [0.1, 0.15) is 0 Å². The van der Waals surface area contributed by atoms with Crippen LogP contribution in [0.2, 0.25) is 0 Å². The third-order valence-corrected chi connectivity index (χ3v) is 1.48. The highest BCUT2D eigenvalue weighted by molar-refractivity contribution is 5.77. The van der Waals surface area contributed by atoms with Crippen molar-refractivity contribution in [2.45, 2.75) is 13.8 Å². The Hall–Kier alpha value is -0.610. The minimum absolute atomic E-state index is 0.0207. The van der Waals surface area contributed by atoms with E-state index in [0.717, 1.165) is 13.1 Å². The second-order valence-electron chi connectivity index (χ2n) is 3.08. The summed E-state index contributed by atoms with van der Waals surface area (Å²) in [6.45, 7) is 5.56. The summed E-state index contributed by atoms with van der Waals surface area (Å²) >= 11 is 0. The average molecular weight is 173 g/mol. The maximum Gasteiger partial charge on any atom is 0.238 e. The van der Waals surface area contributed by atoms with Gasteiger partial charge in [-0.1, -0.05) is 13.8 Å². The van der Waals surface area contributed by atoms with Crippen molar-refractivity contribution in [2.75, 3.05) is 27.2 Å². The highest BCUT2D eigenvalue weighted by atomic mass is 16.2. The lowest BCUT2D eigenvalue weighted by Crippen LogP contribution is -2.42. The van der Waals surface area contributed by atoms with E-state index in [-0.39, 0.29) is 11.8 Å². The minimum Gasteiger partial charge on any atom is -0.316 e. The fourth-order valence-corrected chi connectivity index (χ4v) is 0.784. The van der Waals surface area contributed by atoms with Gasteiger partial charge in [-0.2, -0.15) is 0 Å². The Balaban J connectivity index is 3.61. The normalized spacial score (nSPS) is 13.1. The molecule has 0 aliphatic heterocycles. The zero-order chi connectivity index (χ0) is 9.56. The summed E-state index contributed by atoms with van der Waals surface area (Å²) in [5, 5.41) is 4.78. The lowest BCUT2D eigenvalue weighted by atomic mass is 10.2. The van der Waals surface area contributed by atoms with Gasteiger partial charge in [-0.3, -0.25) is 10.2 Å². The number of nitrogens with zero attached hydrogens (tertiary/aromatic N) is 1. The first kappa shape index (κ1) is 11.4. The van der Waals surface area contributed by atoms with Crippen LogP contribution >= 0.6 is 0 Å². The van der Waals surface area contributed by atoms with Gasteiger partial charge in [-0.25, -0.2) is 5.01 Å². The lowest BCUT2D eigenvalue weighted by Gasteiger charge is -2.16. The summed E-state index contributed by atoms with van der Waals surface area (Å²) in [5.41, 5.74) is 2.71. The molecule has 2 N–H and O–H groups in total. The topological polar surface area (TPSA) is 44.4 Å². The molecule has 72 valence electrons. The average Bonchev–Trinajstić information content (AvgIpc) is 1.98. The quantitative estimate of drug-likeness (QED) is 0.567. The van der Waals surface area contributed by atoms with E-state index in [0.29, 0.717) is 0 Å². The zero-order valence-electron chi connectivity index (χ0n) is 8.35. The predicted octanol–water partition coefficient (Wildman–Crippen LogP) is -0.175. The van der Waals surface area contributed by atoms with Crippen LogP contribution < -0.4 is 10.7 Å². The van der Waals surface area contributed by atoms with Gasteiger partial charge >= 0.3 is 0 Å². The zero-order valence-corrected chi connectivity index (χ0v) is 8.35. The second-order valence-corrected chi connectivity index (χ2v) is 3.08. The molecule has 4 nitrogen and oxygen atoms in total. The van der Waals surface area contributed by atoms with Crippen LogP contribution in [0.25, 0.3) is 0 Å². The monoisotopic (exact) mass is 173 g/mol. The maximum absolute atomic E-state index is 11.3. The van der Waals surface area contributed by atoms with Crippen LogP contribution in [-0.4, -0.2) is 38.1 Å². The summed E-state index contributed by atoms with van der Waals surface area (Å²) < 4.78 is 0. The highest BCUT2D eigenvalue weighted by Gasteiger charge is 2.11. The Morgan fingerprint density at radius 3 is 2.50 bits per heavy atom. The van der Waals surface area contributed by atoms with Crippen LogP contribution in [0, 0.1) is 5.92 Å². The van der Waals surface area contributed by atoms with E-state index in [2.05, 4.69) is 10.7 Å². The summed E-state index contributed by atoms with van der Waals surface area (Å²) in [7, 11) is 3.61. The molecular formula is C8H19N3O. The van der Waals surface area contributed by atoms with Gasteiger partial charge in [0.2, 0.25) is 5.91 Å². The predicted molar refractivity (Wildman–Crippen MR) is 49.5 cm³/mol. The number of carbonyl (C=O) groups excluding carboxylic acids is 1. The molecular weight excluding hydrogens is 154 g/mol. The number of hydrazine groups is 1. The van der Waals surface area contributed by atoms with Gasteiger partial charge in [-0.15, -0.1) is 0 Å². The van der Waals surface area contributed by atoms with Gasteiger partial charge in [0.15, 0.2) is 0 Å². The Kier molecular flexibility index (Phi) is 5.66. The van der Waals surface area contributed by atoms with Crippen LogP contribution in [0.1, 0.15) is 13.8 Å². The standard InChI is InChI=1S/C8H19N3O/c1-5-9-6-7(2)8(12)10-11(3)4/h7,9H,5-6H2,1-4H3,(H,10,12). The molecule has 1 unspecified atom stereocenters. The number of rotatable bonds is 5. The molecule has 12 heavy (non-hydrogen) atoms. The van der Waals surface area contributed by atoms with Crippen LogP contribution in [0.5, 0.6) is 0 Å². The maximum atomic E-state index is 11.3. The minimum atomic E-state index is 0.0207. The van der Waals surface area contributed by atoms with E-state index in [9.17, 15) is 4.79 Å². The van der Waals surface area contributed by atoms with E-state index in [1.807, 2.05) is 13.8 Å². The van der Waals surface area contributed by atoms with E-state index >= 15 is 0 Å². The molecule has 0 radical (unpaired) electrons. The molecule has 0 aromatic rings. The Morgan fingerprint density at radius 1 is 1.50 bits per heavy atom. The molecule has 0 aliphatic carbocycles. The lowest BCUT2D eigenvalue weighted by molar-refractivity contribution is -0.128. The molecule has 1 amide bonds. The molecule has 0 heterocycles. The fourth-order valence-electron chi connectivity index (χ4n) is 0.784. The van der Waals surface area contributed by atoms with Crippen LogP contribution in [0.15, 0.2) is 0 Å². The van der Waals surface area contributed by atoms with Crippen molar-refractivity contribution < 1.29 is 4.79 Å². The van der Waals surface area contributed by atoms with Crippen molar-refractivity contribution in [3.8, 4) is 0 Å². The van der Waals surface area contributed by atoms with Gasteiger partial charge < -0.3 is 5.32 Å². The molecule has 0 saturated heterocycles. The molecule has 0 saturated carbocycles. The summed E-state index contributed by atoms with van der Waals surface area (Å²) in [6.07, 6.45) is 0. The van der Waals surface area contributed by atoms with Crippen LogP contribution in [-0.2, 0) is 4.79 Å². The third-order valence-electron chi connectivity index (χ3n) is 1.48. The van der Waals surface area contributed by atoms with Crippen LogP contribution in [0.3, 0.4) is 0 Å². The number of hydrogen-bond acceptors (Lipinski definition) is 3. The Bertz CT molecular complexity index is 136. The molecule has 4 heteroatoms. The van der Waals surface area contributed by atoms with Crippen molar-refractivity contribution in [3.63, 3.8) is 0 Å². The van der Waals surface area contributed by atoms with Gasteiger partial charge in [0.25, 0.3) is 0 Å². The Morgan fingerprint density at radius 2 is 2.08 bits per heavy atom. The van der Waals surface area contributed by atoms with E-state index < -0.39 is 0 Å². The van der Waals surface area contributed by atoms with Gasteiger partial charge in [-0.05, 0) is 6.54 Å². The molecule has 0 bridgehead atoms. The molecule has 0 spiro atoms. The molecule has 0 aromatic heterocycles. The SMILES string of the molecule is CCNCC(C)C(=O)NN(C)C.